The fourth-order valence-corrected chi connectivity index (χ4v) is 4.96. The molecule has 0 bridgehead atoms. The summed E-state index contributed by atoms with van der Waals surface area (Å²) in [5.74, 6) is 2.61. The van der Waals surface area contributed by atoms with Crippen molar-refractivity contribution in [3.63, 3.8) is 0 Å². The van der Waals surface area contributed by atoms with Crippen LogP contribution in [0.5, 0.6) is 17.2 Å². The third kappa shape index (κ3) is 5.31. The summed E-state index contributed by atoms with van der Waals surface area (Å²) in [5.41, 5.74) is 3.92. The van der Waals surface area contributed by atoms with Crippen LogP contribution in [-0.4, -0.2) is 63.9 Å². The van der Waals surface area contributed by atoms with Crippen molar-refractivity contribution in [3.8, 4) is 17.2 Å². The van der Waals surface area contributed by atoms with Crippen molar-refractivity contribution < 1.29 is 14.2 Å². The number of ether oxygens (including phenoxy) is 3. The number of rotatable bonds is 8. The summed E-state index contributed by atoms with van der Waals surface area (Å²) in [5, 5.41) is 0. The summed E-state index contributed by atoms with van der Waals surface area (Å²) in [6.45, 7) is 10.8. The smallest absolute Gasteiger partial charge is 0.203 e. The van der Waals surface area contributed by atoms with Crippen LogP contribution in [-0.2, 0) is 6.54 Å². The van der Waals surface area contributed by atoms with Crippen molar-refractivity contribution in [2.75, 3.05) is 54.1 Å². The molecule has 34 heavy (non-hydrogen) atoms. The molecule has 1 aliphatic carbocycles. The van der Waals surface area contributed by atoms with Crippen molar-refractivity contribution in [3.05, 3.63) is 71.8 Å². The maximum atomic E-state index is 5.69. The Hall–Kier alpha value is -2.76. The van der Waals surface area contributed by atoms with E-state index >= 15 is 0 Å². The molecular formula is C29H38N2O3. The van der Waals surface area contributed by atoms with Crippen LogP contribution in [0.3, 0.4) is 0 Å². The summed E-state index contributed by atoms with van der Waals surface area (Å²) < 4.78 is 16.7. The van der Waals surface area contributed by atoms with Gasteiger partial charge in [0, 0.05) is 44.8 Å². The largest absolute Gasteiger partial charge is 0.493 e. The molecule has 2 aromatic carbocycles. The van der Waals surface area contributed by atoms with E-state index in [2.05, 4.69) is 78.3 Å². The highest BCUT2D eigenvalue weighted by atomic mass is 16.5. The minimum Gasteiger partial charge on any atom is -0.493 e. The maximum Gasteiger partial charge on any atom is 0.203 e. The molecule has 2 aliphatic rings. The van der Waals surface area contributed by atoms with E-state index in [-0.39, 0.29) is 5.41 Å². The molecular weight excluding hydrogens is 424 g/mol. The van der Waals surface area contributed by atoms with Gasteiger partial charge in [-0.1, -0.05) is 68.5 Å². The van der Waals surface area contributed by atoms with E-state index in [4.69, 9.17) is 14.2 Å². The lowest BCUT2D eigenvalue weighted by molar-refractivity contribution is 0.104. The van der Waals surface area contributed by atoms with Crippen molar-refractivity contribution in [1.82, 2.24) is 9.80 Å². The van der Waals surface area contributed by atoms with E-state index < -0.39 is 0 Å². The normalized spacial score (nSPS) is 20.6. The van der Waals surface area contributed by atoms with Gasteiger partial charge in [0.15, 0.2) is 11.5 Å². The van der Waals surface area contributed by atoms with Crippen LogP contribution in [0.1, 0.15) is 25.0 Å². The van der Waals surface area contributed by atoms with Crippen molar-refractivity contribution in [2.24, 2.45) is 11.3 Å². The number of piperazine rings is 1. The molecule has 4 rings (SSSR count). The molecule has 0 N–H and O–H groups in total. The topological polar surface area (TPSA) is 34.2 Å². The Morgan fingerprint density at radius 3 is 2.15 bits per heavy atom. The molecule has 5 nitrogen and oxygen atoms in total. The molecule has 0 spiro atoms. The minimum atomic E-state index is 0.155. The predicted molar refractivity (Wildman–Crippen MR) is 139 cm³/mol. The highest BCUT2D eigenvalue weighted by molar-refractivity contribution is 5.75. The Balaban J connectivity index is 1.39. The van der Waals surface area contributed by atoms with Gasteiger partial charge >= 0.3 is 0 Å². The van der Waals surface area contributed by atoms with Gasteiger partial charge < -0.3 is 19.1 Å². The van der Waals surface area contributed by atoms with Crippen LogP contribution in [0.25, 0.3) is 5.57 Å². The summed E-state index contributed by atoms with van der Waals surface area (Å²) in [7, 11) is 5.00. The first-order valence-electron chi connectivity index (χ1n) is 12.1. The first kappa shape index (κ1) is 24.4. The van der Waals surface area contributed by atoms with E-state index in [1.807, 2.05) is 6.07 Å². The predicted octanol–water partition coefficient (Wildman–Crippen LogP) is 5.13. The number of nitrogens with zero attached hydrogens (tertiary/aromatic N) is 2. The van der Waals surface area contributed by atoms with Gasteiger partial charge in [0.1, 0.15) is 0 Å². The Kier molecular flexibility index (Phi) is 7.64. The molecule has 0 saturated carbocycles. The van der Waals surface area contributed by atoms with E-state index in [9.17, 15) is 0 Å². The molecule has 0 radical (unpaired) electrons. The SMILES string of the molecule is COc1ccc(CN2CCN(CC3C=C(c4ccccc4)C=CC3(C)C)CC2)c(OC)c1OC. The Labute approximate surface area is 204 Å². The second kappa shape index (κ2) is 10.7. The summed E-state index contributed by atoms with van der Waals surface area (Å²) in [6, 6.07) is 14.8. The maximum absolute atomic E-state index is 5.69. The van der Waals surface area contributed by atoms with Crippen LogP contribution in [0.15, 0.2) is 60.7 Å². The molecule has 1 unspecified atom stereocenters. The van der Waals surface area contributed by atoms with E-state index in [0.29, 0.717) is 17.4 Å². The van der Waals surface area contributed by atoms with E-state index in [1.54, 1.807) is 21.3 Å². The van der Waals surface area contributed by atoms with Gasteiger partial charge in [-0.2, -0.15) is 0 Å². The molecule has 2 aromatic rings. The van der Waals surface area contributed by atoms with Crippen LogP contribution in [0.4, 0.5) is 0 Å². The second-order valence-electron chi connectivity index (χ2n) is 9.82. The average molecular weight is 463 g/mol. The van der Waals surface area contributed by atoms with Gasteiger partial charge in [-0.15, -0.1) is 0 Å². The Bertz CT molecular complexity index is 1020. The van der Waals surface area contributed by atoms with Crippen LogP contribution in [0, 0.1) is 11.3 Å². The van der Waals surface area contributed by atoms with Crippen molar-refractivity contribution in [2.45, 2.75) is 20.4 Å². The second-order valence-corrected chi connectivity index (χ2v) is 9.82. The van der Waals surface area contributed by atoms with Crippen LogP contribution in [0.2, 0.25) is 0 Å². The number of hydrogen-bond donors (Lipinski definition) is 0. The highest BCUT2D eigenvalue weighted by Gasteiger charge is 2.31. The fourth-order valence-electron chi connectivity index (χ4n) is 4.96. The lowest BCUT2D eigenvalue weighted by Crippen LogP contribution is -2.48. The molecule has 5 heteroatoms. The standard InChI is InChI=1S/C29H38N2O3/c1-29(2)14-13-23(22-9-7-6-8-10-22)19-25(29)21-31-17-15-30(16-18-31)20-24-11-12-26(32-3)28(34-5)27(24)33-4/h6-14,19,25H,15-18,20-21H2,1-5H3. The number of benzene rings is 2. The highest BCUT2D eigenvalue weighted by Crippen LogP contribution is 2.41. The van der Waals surface area contributed by atoms with Crippen molar-refractivity contribution >= 4 is 5.57 Å². The summed E-state index contributed by atoms with van der Waals surface area (Å²) >= 11 is 0. The lowest BCUT2D eigenvalue weighted by Gasteiger charge is -2.40. The zero-order valence-electron chi connectivity index (χ0n) is 21.2. The zero-order valence-corrected chi connectivity index (χ0v) is 21.2. The lowest BCUT2D eigenvalue weighted by atomic mass is 9.73. The molecule has 182 valence electrons. The van der Waals surface area contributed by atoms with Gasteiger partial charge in [0.05, 0.1) is 21.3 Å². The number of hydrogen-bond acceptors (Lipinski definition) is 5. The summed E-state index contributed by atoms with van der Waals surface area (Å²) in [6.07, 6.45) is 7.16. The van der Waals surface area contributed by atoms with E-state index in [0.717, 1.165) is 50.6 Å². The van der Waals surface area contributed by atoms with Crippen molar-refractivity contribution in [1.29, 1.82) is 0 Å². The summed E-state index contributed by atoms with van der Waals surface area (Å²) in [4.78, 5) is 5.12. The molecule has 1 fully saturated rings. The average Bonchev–Trinajstić information content (AvgIpc) is 2.86. The minimum absolute atomic E-state index is 0.155. The molecule has 1 aliphatic heterocycles. The number of allylic oxidation sites excluding steroid dienone is 3. The van der Waals surface area contributed by atoms with Gasteiger partial charge in [-0.25, -0.2) is 0 Å². The third-order valence-corrected chi connectivity index (χ3v) is 7.24. The Morgan fingerprint density at radius 1 is 0.824 bits per heavy atom. The molecule has 1 saturated heterocycles. The number of methoxy groups -OCH3 is 3. The van der Waals surface area contributed by atoms with Gasteiger partial charge in [0.2, 0.25) is 5.75 Å². The van der Waals surface area contributed by atoms with Crippen LogP contribution < -0.4 is 14.2 Å². The van der Waals surface area contributed by atoms with E-state index in [1.165, 1.54) is 11.1 Å². The zero-order chi connectivity index (χ0) is 24.1. The molecule has 1 atom stereocenters. The fraction of sp³-hybridized carbons (Fsp3) is 0.448. The molecule has 0 amide bonds. The third-order valence-electron chi connectivity index (χ3n) is 7.24. The first-order valence-corrected chi connectivity index (χ1v) is 12.1. The van der Waals surface area contributed by atoms with Gasteiger partial charge in [0.25, 0.3) is 0 Å². The van der Waals surface area contributed by atoms with Crippen LogP contribution >= 0.6 is 0 Å². The van der Waals surface area contributed by atoms with Gasteiger partial charge in [-0.05, 0) is 28.5 Å². The molecule has 1 heterocycles. The Morgan fingerprint density at radius 2 is 1.50 bits per heavy atom. The monoisotopic (exact) mass is 462 g/mol. The van der Waals surface area contributed by atoms with Gasteiger partial charge in [-0.3, -0.25) is 4.90 Å². The molecule has 0 aromatic heterocycles. The quantitative estimate of drug-likeness (QED) is 0.544. The first-order chi connectivity index (χ1) is 16.4.